The summed E-state index contributed by atoms with van der Waals surface area (Å²) >= 11 is 3.62. The zero-order valence-electron chi connectivity index (χ0n) is 26.7. The number of rotatable bonds is 5. The van der Waals surface area contributed by atoms with E-state index in [1.54, 1.807) is 11.3 Å². The summed E-state index contributed by atoms with van der Waals surface area (Å²) in [5.74, 6) is 1.99. The second-order valence-corrected chi connectivity index (χ2v) is 14.5. The van der Waals surface area contributed by atoms with Crippen LogP contribution in [0.5, 0.6) is 0 Å². The van der Waals surface area contributed by atoms with Crippen LogP contribution in [0.3, 0.4) is 0 Å². The number of hydrogen-bond donors (Lipinski definition) is 0. The second kappa shape index (κ2) is 11.8. The van der Waals surface area contributed by atoms with Crippen LogP contribution in [0.15, 0.2) is 164 Å². The molecule has 0 aliphatic rings. The molecular weight excluding hydrogens is 647 g/mol. The van der Waals surface area contributed by atoms with Crippen LogP contribution in [0, 0.1) is 0 Å². The van der Waals surface area contributed by atoms with Crippen LogP contribution in [0.4, 0.5) is 0 Å². The Hall–Kier alpha value is -6.01. The van der Waals surface area contributed by atoms with Crippen LogP contribution in [0.25, 0.3) is 96.8 Å². The molecule has 10 aromatic rings. The summed E-state index contributed by atoms with van der Waals surface area (Å²) in [5.41, 5.74) is 7.66. The Labute approximate surface area is 296 Å². The molecule has 10 rings (SSSR count). The van der Waals surface area contributed by atoms with Crippen LogP contribution in [-0.2, 0) is 0 Å². The first kappa shape index (κ1) is 29.0. The molecule has 0 saturated heterocycles. The summed E-state index contributed by atoms with van der Waals surface area (Å²) in [6.07, 6.45) is 0. The first-order valence-electron chi connectivity index (χ1n) is 16.6. The molecule has 0 aliphatic heterocycles. The Bertz CT molecular complexity index is 2860. The molecule has 3 heterocycles. The topological polar surface area (TPSA) is 38.7 Å². The zero-order valence-corrected chi connectivity index (χ0v) is 28.4. The fourth-order valence-electron chi connectivity index (χ4n) is 6.92. The Kier molecular flexibility index (Phi) is 6.86. The molecule has 0 bridgehead atoms. The molecule has 50 heavy (non-hydrogen) atoms. The van der Waals surface area contributed by atoms with E-state index in [4.69, 9.17) is 15.0 Å². The minimum atomic E-state index is 0.659. The minimum Gasteiger partial charge on any atom is -0.208 e. The molecule has 3 nitrogen and oxygen atoms in total. The van der Waals surface area contributed by atoms with Crippen molar-refractivity contribution in [1.82, 2.24) is 15.0 Å². The summed E-state index contributed by atoms with van der Waals surface area (Å²) in [4.78, 5) is 15.6. The van der Waals surface area contributed by atoms with E-state index in [0.717, 1.165) is 27.8 Å². The molecule has 0 fully saturated rings. The summed E-state index contributed by atoms with van der Waals surface area (Å²) in [5, 5.41) is 4.97. The predicted octanol–water partition coefficient (Wildman–Crippen LogP) is 12.9. The lowest BCUT2D eigenvalue weighted by molar-refractivity contribution is 1.08. The van der Waals surface area contributed by atoms with E-state index in [0.29, 0.717) is 17.5 Å². The first-order chi connectivity index (χ1) is 24.8. The van der Waals surface area contributed by atoms with Crippen molar-refractivity contribution in [3.63, 3.8) is 0 Å². The Morgan fingerprint density at radius 1 is 0.300 bits per heavy atom. The SMILES string of the molecule is c1ccc(-c2cc(-c3nc(-c4ccccc4)nc(-c4ccc5c(c4)sc4ccccc45)n3)c3sc4c(-c5ccccc5)cccc4c3c2)cc1. The van der Waals surface area contributed by atoms with E-state index in [1.165, 1.54) is 51.5 Å². The van der Waals surface area contributed by atoms with Crippen LogP contribution in [0.1, 0.15) is 0 Å². The van der Waals surface area contributed by atoms with Gasteiger partial charge in [0.05, 0.1) is 0 Å². The molecule has 0 radical (unpaired) electrons. The van der Waals surface area contributed by atoms with Crippen molar-refractivity contribution in [3.05, 3.63) is 164 Å². The molecule has 0 atom stereocenters. The molecule has 0 amide bonds. The third-order valence-corrected chi connectivity index (χ3v) is 11.8. The number of nitrogens with zero attached hydrogens (tertiary/aromatic N) is 3. The van der Waals surface area contributed by atoms with Crippen LogP contribution in [0.2, 0.25) is 0 Å². The van der Waals surface area contributed by atoms with Gasteiger partial charge >= 0.3 is 0 Å². The Morgan fingerprint density at radius 2 is 0.900 bits per heavy atom. The molecule has 7 aromatic carbocycles. The van der Waals surface area contributed by atoms with Gasteiger partial charge in [0, 0.05) is 57.0 Å². The van der Waals surface area contributed by atoms with Gasteiger partial charge in [-0.1, -0.05) is 140 Å². The van der Waals surface area contributed by atoms with E-state index in [2.05, 4.69) is 146 Å². The lowest BCUT2D eigenvalue weighted by Gasteiger charge is -2.11. The molecule has 0 unspecified atom stereocenters. The zero-order chi connectivity index (χ0) is 33.0. The maximum Gasteiger partial charge on any atom is 0.165 e. The van der Waals surface area contributed by atoms with E-state index in [9.17, 15) is 0 Å². The van der Waals surface area contributed by atoms with Crippen molar-refractivity contribution in [2.24, 2.45) is 0 Å². The number of hydrogen-bond acceptors (Lipinski definition) is 5. The fourth-order valence-corrected chi connectivity index (χ4v) is 9.39. The van der Waals surface area contributed by atoms with Crippen molar-refractivity contribution < 1.29 is 0 Å². The number of aromatic nitrogens is 3. The molecule has 0 saturated carbocycles. The minimum absolute atomic E-state index is 0.659. The molecule has 5 heteroatoms. The average molecular weight is 674 g/mol. The number of benzene rings is 7. The van der Waals surface area contributed by atoms with Gasteiger partial charge in [-0.3, -0.25) is 0 Å². The van der Waals surface area contributed by atoms with E-state index >= 15 is 0 Å². The molecular formula is C45H27N3S2. The molecule has 3 aromatic heterocycles. The highest BCUT2D eigenvalue weighted by Crippen LogP contribution is 2.45. The van der Waals surface area contributed by atoms with Crippen molar-refractivity contribution in [2.75, 3.05) is 0 Å². The average Bonchev–Trinajstić information content (AvgIpc) is 3.76. The van der Waals surface area contributed by atoms with Gasteiger partial charge in [-0.2, -0.15) is 0 Å². The van der Waals surface area contributed by atoms with Gasteiger partial charge in [0.15, 0.2) is 17.5 Å². The van der Waals surface area contributed by atoms with E-state index in [1.807, 2.05) is 29.5 Å². The van der Waals surface area contributed by atoms with Crippen LogP contribution < -0.4 is 0 Å². The van der Waals surface area contributed by atoms with Gasteiger partial charge in [0.2, 0.25) is 0 Å². The van der Waals surface area contributed by atoms with Crippen LogP contribution in [-0.4, -0.2) is 15.0 Å². The van der Waals surface area contributed by atoms with Gasteiger partial charge < -0.3 is 0 Å². The largest absolute Gasteiger partial charge is 0.208 e. The maximum absolute atomic E-state index is 5.28. The first-order valence-corrected chi connectivity index (χ1v) is 18.2. The highest BCUT2D eigenvalue weighted by atomic mass is 32.1. The highest BCUT2D eigenvalue weighted by Gasteiger charge is 2.20. The monoisotopic (exact) mass is 673 g/mol. The Morgan fingerprint density at radius 3 is 1.68 bits per heavy atom. The van der Waals surface area contributed by atoms with Crippen LogP contribution >= 0.6 is 22.7 Å². The normalized spacial score (nSPS) is 11.6. The van der Waals surface area contributed by atoms with Gasteiger partial charge in [0.25, 0.3) is 0 Å². The summed E-state index contributed by atoms with van der Waals surface area (Å²) < 4.78 is 4.92. The highest BCUT2D eigenvalue weighted by molar-refractivity contribution is 7.27. The quantitative estimate of drug-likeness (QED) is 0.182. The van der Waals surface area contributed by atoms with Crippen molar-refractivity contribution in [1.29, 1.82) is 0 Å². The smallest absolute Gasteiger partial charge is 0.165 e. The summed E-state index contributed by atoms with van der Waals surface area (Å²) in [6, 6.07) is 57.9. The fraction of sp³-hybridized carbons (Fsp3) is 0. The van der Waals surface area contributed by atoms with Gasteiger partial charge in [-0.15, -0.1) is 22.7 Å². The van der Waals surface area contributed by atoms with E-state index in [-0.39, 0.29) is 0 Å². The number of thiophene rings is 2. The van der Waals surface area contributed by atoms with Gasteiger partial charge in [-0.05, 0) is 46.5 Å². The summed E-state index contributed by atoms with van der Waals surface area (Å²) in [6.45, 7) is 0. The number of fused-ring (bicyclic) bond motifs is 6. The molecule has 234 valence electrons. The summed E-state index contributed by atoms with van der Waals surface area (Å²) in [7, 11) is 0. The molecule has 0 aliphatic carbocycles. The maximum atomic E-state index is 5.28. The van der Waals surface area contributed by atoms with Crippen molar-refractivity contribution >= 4 is 63.0 Å². The molecule has 0 N–H and O–H groups in total. The third kappa shape index (κ3) is 4.90. The lowest BCUT2D eigenvalue weighted by Crippen LogP contribution is -2.00. The van der Waals surface area contributed by atoms with Gasteiger partial charge in [-0.25, -0.2) is 15.0 Å². The van der Waals surface area contributed by atoms with Crippen molar-refractivity contribution in [2.45, 2.75) is 0 Å². The van der Waals surface area contributed by atoms with Gasteiger partial charge in [0.1, 0.15) is 0 Å². The second-order valence-electron chi connectivity index (χ2n) is 12.4. The van der Waals surface area contributed by atoms with Crippen molar-refractivity contribution in [3.8, 4) is 56.4 Å². The predicted molar refractivity (Wildman–Crippen MR) is 213 cm³/mol. The lowest BCUT2D eigenvalue weighted by atomic mass is 9.97. The van der Waals surface area contributed by atoms with E-state index < -0.39 is 0 Å². The third-order valence-electron chi connectivity index (χ3n) is 9.34. The Balaban J connectivity index is 1.25. The molecule has 0 spiro atoms. The standard InChI is InChI=1S/C45H27N3S2/c1-4-13-28(14-5-1)32-25-37-36-21-12-20-33(29-15-6-2-7-16-29)41(36)50-42(37)38(26-32)45-47-43(30-17-8-3-9-18-30)46-44(48-45)31-23-24-35-34-19-10-11-22-39(34)49-40(35)27-31/h1-27H.